The summed E-state index contributed by atoms with van der Waals surface area (Å²) in [5.41, 5.74) is 2.12. The molecule has 6 nitrogen and oxygen atoms in total. The molecule has 1 aromatic heterocycles. The maximum atomic E-state index is 13.6. The van der Waals surface area contributed by atoms with Crippen molar-refractivity contribution in [2.45, 2.75) is 44.4 Å². The van der Waals surface area contributed by atoms with Crippen molar-refractivity contribution in [3.63, 3.8) is 0 Å². The molecule has 0 atom stereocenters. The van der Waals surface area contributed by atoms with Gasteiger partial charge in [0.15, 0.2) is 11.6 Å². The molecule has 1 aromatic carbocycles. The van der Waals surface area contributed by atoms with Crippen LogP contribution in [0.4, 0.5) is 26.1 Å². The lowest BCUT2D eigenvalue weighted by Crippen LogP contribution is -2.40. The highest BCUT2D eigenvalue weighted by Crippen LogP contribution is 2.54. The van der Waals surface area contributed by atoms with Crippen molar-refractivity contribution in [3.8, 4) is 5.75 Å². The van der Waals surface area contributed by atoms with Gasteiger partial charge >= 0.3 is 0 Å². The van der Waals surface area contributed by atoms with Gasteiger partial charge in [0.25, 0.3) is 11.8 Å². The molecule has 3 aliphatic rings. The molecule has 0 unspecified atom stereocenters. The molecule has 1 amide bonds. The first-order valence-electron chi connectivity index (χ1n) is 11.8. The summed E-state index contributed by atoms with van der Waals surface area (Å²) in [4.78, 5) is 22.0. The molecule has 5 rings (SSSR count). The minimum atomic E-state index is -2.65. The number of rotatable bonds is 5. The maximum Gasteiger partial charge on any atom is 0.258 e. The summed E-state index contributed by atoms with van der Waals surface area (Å²) in [5, 5.41) is 2.92. The molecular formula is C25H29F2IN4O2. The normalized spacial score (nSPS) is 20.8. The number of benzene rings is 1. The fraction of sp³-hybridized carbons (Fsp3) is 0.520. The van der Waals surface area contributed by atoms with Crippen molar-refractivity contribution in [1.82, 2.24) is 4.98 Å². The third-order valence-corrected chi connectivity index (χ3v) is 8.09. The predicted molar refractivity (Wildman–Crippen MR) is 137 cm³/mol. The summed E-state index contributed by atoms with van der Waals surface area (Å²) in [5.74, 6) is -1.53. The highest BCUT2D eigenvalue weighted by atomic mass is 127. The summed E-state index contributed by atoms with van der Waals surface area (Å²) in [6.07, 6.45) is 4.58. The van der Waals surface area contributed by atoms with E-state index in [1.165, 1.54) is 32.8 Å². The second-order valence-corrected chi connectivity index (χ2v) is 10.9. The van der Waals surface area contributed by atoms with Crippen LogP contribution < -0.4 is 19.9 Å². The van der Waals surface area contributed by atoms with Crippen molar-refractivity contribution in [2.75, 3.05) is 48.4 Å². The van der Waals surface area contributed by atoms with Crippen LogP contribution in [0.2, 0.25) is 0 Å². The van der Waals surface area contributed by atoms with E-state index < -0.39 is 5.92 Å². The molecule has 0 radical (unpaired) electrons. The van der Waals surface area contributed by atoms with E-state index in [4.69, 9.17) is 4.74 Å². The Balaban J connectivity index is 1.35. The van der Waals surface area contributed by atoms with E-state index in [2.05, 4.69) is 43.9 Å². The van der Waals surface area contributed by atoms with E-state index in [-0.39, 0.29) is 31.8 Å². The third-order valence-electron chi connectivity index (χ3n) is 7.42. The zero-order valence-corrected chi connectivity index (χ0v) is 21.4. The van der Waals surface area contributed by atoms with E-state index >= 15 is 0 Å². The van der Waals surface area contributed by atoms with Crippen LogP contribution in [0.25, 0.3) is 0 Å². The fourth-order valence-electron chi connectivity index (χ4n) is 4.98. The summed E-state index contributed by atoms with van der Waals surface area (Å²) in [7, 11) is 1.53. The minimum Gasteiger partial charge on any atom is -0.493 e. The Morgan fingerprint density at radius 1 is 1.00 bits per heavy atom. The van der Waals surface area contributed by atoms with E-state index in [0.29, 0.717) is 28.4 Å². The predicted octanol–water partition coefficient (Wildman–Crippen LogP) is 5.56. The highest BCUT2D eigenvalue weighted by Gasteiger charge is 2.44. The van der Waals surface area contributed by atoms with Gasteiger partial charge in [-0.1, -0.05) is 0 Å². The number of ether oxygens (including phenoxy) is 1. The molecule has 3 heterocycles. The standard InChI is InChI=1S/C25H29F2IN4O2/c1-34-20-4-5-21(29-22(20)32-14-10-25(26,27)11-15-32)30-23(33)18-3-2-17(28)16-19(18)31-12-8-24(6-7-24)9-13-31/h2-5,16H,6-15H2,1H3,(H,29,30,33). The number of alkyl halides is 2. The van der Waals surface area contributed by atoms with Gasteiger partial charge in [0, 0.05) is 42.6 Å². The largest absolute Gasteiger partial charge is 0.493 e. The minimum absolute atomic E-state index is 0.186. The first kappa shape index (κ1) is 23.6. The maximum absolute atomic E-state index is 13.6. The Labute approximate surface area is 212 Å². The number of amides is 1. The van der Waals surface area contributed by atoms with Crippen LogP contribution in [0.1, 0.15) is 48.9 Å². The van der Waals surface area contributed by atoms with Crippen molar-refractivity contribution >= 4 is 45.8 Å². The van der Waals surface area contributed by atoms with Gasteiger partial charge in [0.2, 0.25) is 0 Å². The van der Waals surface area contributed by atoms with Crippen LogP contribution in [0.5, 0.6) is 5.75 Å². The van der Waals surface area contributed by atoms with Crippen molar-refractivity contribution < 1.29 is 18.3 Å². The Morgan fingerprint density at radius 3 is 2.32 bits per heavy atom. The number of hydrogen-bond acceptors (Lipinski definition) is 5. The smallest absolute Gasteiger partial charge is 0.258 e. The number of carbonyl (C=O) groups is 1. The van der Waals surface area contributed by atoms with Gasteiger partial charge in [-0.3, -0.25) is 4.79 Å². The lowest BCUT2D eigenvalue weighted by molar-refractivity contribution is -0.0222. The van der Waals surface area contributed by atoms with Gasteiger partial charge in [0.05, 0.1) is 18.4 Å². The molecule has 2 saturated heterocycles. The molecule has 2 aliphatic heterocycles. The first-order valence-corrected chi connectivity index (χ1v) is 12.9. The number of methoxy groups -OCH3 is 1. The number of nitrogens with zero attached hydrogens (tertiary/aromatic N) is 3. The van der Waals surface area contributed by atoms with Gasteiger partial charge in [-0.25, -0.2) is 13.8 Å². The zero-order valence-electron chi connectivity index (χ0n) is 19.2. The SMILES string of the molecule is COc1ccc(NC(=O)c2ccc(I)cc2N2CCC3(CC2)CC3)nc1N1CCC(F)(F)CC1. The molecule has 34 heavy (non-hydrogen) atoms. The molecule has 182 valence electrons. The fourth-order valence-corrected chi connectivity index (χ4v) is 5.45. The number of pyridine rings is 1. The summed E-state index contributed by atoms with van der Waals surface area (Å²) in [6, 6.07) is 9.28. The number of nitrogens with one attached hydrogen (secondary N) is 1. The van der Waals surface area contributed by atoms with E-state index in [9.17, 15) is 13.6 Å². The van der Waals surface area contributed by atoms with Gasteiger partial charge in [-0.15, -0.1) is 0 Å². The lowest BCUT2D eigenvalue weighted by atomic mass is 9.93. The monoisotopic (exact) mass is 582 g/mol. The highest BCUT2D eigenvalue weighted by molar-refractivity contribution is 14.1. The molecule has 0 bridgehead atoms. The second kappa shape index (κ2) is 9.13. The Kier molecular flexibility index (Phi) is 6.32. The Morgan fingerprint density at radius 2 is 1.68 bits per heavy atom. The molecule has 1 spiro atoms. The van der Waals surface area contributed by atoms with Crippen molar-refractivity contribution in [3.05, 3.63) is 39.5 Å². The Hall–Kier alpha value is -2.17. The molecule has 1 N–H and O–H groups in total. The molecule has 1 aliphatic carbocycles. The number of carbonyl (C=O) groups excluding carboxylic acids is 1. The van der Waals surface area contributed by atoms with E-state index in [1.807, 2.05) is 12.1 Å². The van der Waals surface area contributed by atoms with Crippen LogP contribution in [-0.2, 0) is 0 Å². The van der Waals surface area contributed by atoms with Crippen LogP contribution >= 0.6 is 22.6 Å². The van der Waals surface area contributed by atoms with Crippen LogP contribution in [0, 0.1) is 8.99 Å². The number of piperidine rings is 2. The molecular weight excluding hydrogens is 553 g/mol. The van der Waals surface area contributed by atoms with Gasteiger partial charge in [0.1, 0.15) is 5.82 Å². The summed E-state index contributed by atoms with van der Waals surface area (Å²) in [6.45, 7) is 2.30. The molecule has 9 heteroatoms. The lowest BCUT2D eigenvalue weighted by Gasteiger charge is -2.35. The van der Waals surface area contributed by atoms with Gasteiger partial charge in [-0.05, 0) is 84.0 Å². The zero-order chi connectivity index (χ0) is 23.9. The van der Waals surface area contributed by atoms with E-state index in [1.54, 1.807) is 17.0 Å². The average Bonchev–Trinajstić information content (AvgIpc) is 3.58. The number of aromatic nitrogens is 1. The quantitative estimate of drug-likeness (QED) is 0.468. The average molecular weight is 582 g/mol. The summed E-state index contributed by atoms with van der Waals surface area (Å²) < 4.78 is 33.8. The second-order valence-electron chi connectivity index (χ2n) is 9.67. The first-order chi connectivity index (χ1) is 16.3. The van der Waals surface area contributed by atoms with Gasteiger partial charge in [-0.2, -0.15) is 0 Å². The van der Waals surface area contributed by atoms with E-state index in [0.717, 1.165) is 22.3 Å². The van der Waals surface area contributed by atoms with Crippen molar-refractivity contribution in [2.24, 2.45) is 5.41 Å². The third kappa shape index (κ3) is 4.94. The van der Waals surface area contributed by atoms with Crippen LogP contribution in [0.3, 0.4) is 0 Å². The molecule has 3 fully saturated rings. The van der Waals surface area contributed by atoms with Gasteiger partial charge < -0.3 is 19.9 Å². The number of hydrogen-bond donors (Lipinski definition) is 1. The number of anilines is 3. The van der Waals surface area contributed by atoms with Crippen LogP contribution in [0.15, 0.2) is 30.3 Å². The Bertz CT molecular complexity index is 1070. The topological polar surface area (TPSA) is 57.7 Å². The number of halogens is 3. The molecule has 1 saturated carbocycles. The van der Waals surface area contributed by atoms with Crippen molar-refractivity contribution in [1.29, 1.82) is 0 Å². The summed E-state index contributed by atoms with van der Waals surface area (Å²) >= 11 is 2.28. The van der Waals surface area contributed by atoms with Crippen LogP contribution in [-0.4, -0.2) is 50.1 Å². The molecule has 2 aromatic rings.